The topological polar surface area (TPSA) is 58.6 Å². The lowest BCUT2D eigenvalue weighted by atomic mass is 10.2. The van der Waals surface area contributed by atoms with Gasteiger partial charge in [-0.05, 0) is 19.4 Å². The first-order valence-electron chi connectivity index (χ1n) is 4.91. The minimum absolute atomic E-state index is 0.0401. The van der Waals surface area contributed by atoms with Crippen molar-refractivity contribution < 1.29 is 14.3 Å². The molecule has 78 valence electrons. The summed E-state index contributed by atoms with van der Waals surface area (Å²) in [6.07, 6.45) is 2.16. The van der Waals surface area contributed by atoms with E-state index in [1.54, 1.807) is 0 Å². The third-order valence-corrected chi connectivity index (χ3v) is 2.62. The molecule has 2 rings (SSSR count). The van der Waals surface area contributed by atoms with E-state index >= 15 is 0 Å². The van der Waals surface area contributed by atoms with Crippen molar-refractivity contribution in [2.45, 2.75) is 18.9 Å². The predicted molar refractivity (Wildman–Crippen MR) is 48.6 cm³/mol. The van der Waals surface area contributed by atoms with Crippen LogP contribution in [0.5, 0.6) is 0 Å². The average Bonchev–Trinajstić information content (AvgIpc) is 2.64. The number of ether oxygens (including phenoxy) is 1. The van der Waals surface area contributed by atoms with E-state index in [-0.39, 0.29) is 31.1 Å². The molecule has 14 heavy (non-hydrogen) atoms. The highest BCUT2D eigenvalue weighted by atomic mass is 16.5. The summed E-state index contributed by atoms with van der Waals surface area (Å²) in [5, 5.41) is 3.26. The average molecular weight is 198 g/mol. The lowest BCUT2D eigenvalue weighted by Gasteiger charge is -2.27. The van der Waals surface area contributed by atoms with Crippen molar-refractivity contribution in [3.05, 3.63) is 0 Å². The number of imide groups is 1. The largest absolute Gasteiger partial charge is 0.362 e. The molecule has 2 amide bonds. The van der Waals surface area contributed by atoms with Gasteiger partial charge in [-0.3, -0.25) is 14.5 Å². The Bertz CT molecular complexity index is 232. The van der Waals surface area contributed by atoms with E-state index in [0.29, 0.717) is 6.54 Å². The van der Waals surface area contributed by atoms with Crippen LogP contribution in [0.2, 0.25) is 0 Å². The highest BCUT2D eigenvalue weighted by Gasteiger charge is 2.29. The van der Waals surface area contributed by atoms with Crippen LogP contribution in [0.1, 0.15) is 12.8 Å². The summed E-state index contributed by atoms with van der Waals surface area (Å²) in [5.41, 5.74) is 0. The number of rotatable bonds is 2. The van der Waals surface area contributed by atoms with Crippen molar-refractivity contribution in [1.82, 2.24) is 10.2 Å². The number of hydrogen-bond donors (Lipinski definition) is 1. The SMILES string of the molecule is O=C1COCC(=O)N1C[C@H]1CCCN1. The second-order valence-electron chi connectivity index (χ2n) is 3.68. The van der Waals surface area contributed by atoms with Gasteiger partial charge in [0, 0.05) is 12.6 Å². The molecule has 5 nitrogen and oxygen atoms in total. The molecule has 2 heterocycles. The van der Waals surface area contributed by atoms with Crippen molar-refractivity contribution in [1.29, 1.82) is 0 Å². The quantitative estimate of drug-likeness (QED) is 0.586. The van der Waals surface area contributed by atoms with Gasteiger partial charge in [0.05, 0.1) is 0 Å². The molecule has 2 aliphatic heterocycles. The fourth-order valence-corrected chi connectivity index (χ4v) is 1.86. The lowest BCUT2D eigenvalue weighted by Crippen LogP contribution is -2.50. The normalized spacial score (nSPS) is 28.6. The van der Waals surface area contributed by atoms with E-state index in [4.69, 9.17) is 4.74 Å². The molecule has 0 saturated carbocycles. The molecular weight excluding hydrogens is 184 g/mol. The highest BCUT2D eigenvalue weighted by molar-refractivity contribution is 5.98. The van der Waals surface area contributed by atoms with Crippen LogP contribution >= 0.6 is 0 Å². The van der Waals surface area contributed by atoms with Crippen LogP contribution in [0.3, 0.4) is 0 Å². The summed E-state index contributed by atoms with van der Waals surface area (Å²) in [6.45, 7) is 1.56. The van der Waals surface area contributed by atoms with Gasteiger partial charge in [-0.1, -0.05) is 0 Å². The van der Waals surface area contributed by atoms with Crippen molar-refractivity contribution in [3.8, 4) is 0 Å². The first-order chi connectivity index (χ1) is 6.77. The third kappa shape index (κ3) is 1.93. The van der Waals surface area contributed by atoms with Gasteiger partial charge in [0.1, 0.15) is 13.2 Å². The van der Waals surface area contributed by atoms with Crippen molar-refractivity contribution >= 4 is 11.8 Å². The Labute approximate surface area is 82.4 Å². The summed E-state index contributed by atoms with van der Waals surface area (Å²) in [5.74, 6) is -0.426. The van der Waals surface area contributed by atoms with Crippen molar-refractivity contribution in [2.75, 3.05) is 26.3 Å². The van der Waals surface area contributed by atoms with Crippen LogP contribution < -0.4 is 5.32 Å². The Morgan fingerprint density at radius 3 is 2.64 bits per heavy atom. The lowest BCUT2D eigenvalue weighted by molar-refractivity contribution is -0.158. The summed E-state index contributed by atoms with van der Waals surface area (Å²) in [4.78, 5) is 24.0. The number of nitrogens with zero attached hydrogens (tertiary/aromatic N) is 1. The number of hydrogen-bond acceptors (Lipinski definition) is 4. The fourth-order valence-electron chi connectivity index (χ4n) is 1.86. The van der Waals surface area contributed by atoms with E-state index in [2.05, 4.69) is 5.32 Å². The minimum atomic E-state index is -0.213. The first-order valence-corrected chi connectivity index (χ1v) is 4.91. The van der Waals surface area contributed by atoms with E-state index in [1.807, 2.05) is 0 Å². The number of amides is 2. The summed E-state index contributed by atoms with van der Waals surface area (Å²) in [6, 6.07) is 0.279. The van der Waals surface area contributed by atoms with Gasteiger partial charge in [0.15, 0.2) is 0 Å². The van der Waals surface area contributed by atoms with Gasteiger partial charge in [-0.15, -0.1) is 0 Å². The molecule has 1 atom stereocenters. The minimum Gasteiger partial charge on any atom is -0.362 e. The maximum atomic E-state index is 11.3. The van der Waals surface area contributed by atoms with Gasteiger partial charge < -0.3 is 10.1 Å². The molecule has 2 aliphatic rings. The Kier molecular flexibility index (Phi) is 2.79. The van der Waals surface area contributed by atoms with E-state index in [1.165, 1.54) is 4.90 Å². The van der Waals surface area contributed by atoms with Crippen LogP contribution in [0, 0.1) is 0 Å². The van der Waals surface area contributed by atoms with Crippen molar-refractivity contribution in [2.24, 2.45) is 0 Å². The Hall–Kier alpha value is -0.940. The molecule has 0 radical (unpaired) electrons. The van der Waals surface area contributed by atoms with E-state index < -0.39 is 0 Å². The fraction of sp³-hybridized carbons (Fsp3) is 0.778. The molecule has 0 bridgehead atoms. The van der Waals surface area contributed by atoms with E-state index in [0.717, 1.165) is 19.4 Å². The molecule has 0 aromatic heterocycles. The predicted octanol–water partition coefficient (Wildman–Crippen LogP) is -0.876. The van der Waals surface area contributed by atoms with Crippen molar-refractivity contribution in [3.63, 3.8) is 0 Å². The van der Waals surface area contributed by atoms with Gasteiger partial charge in [-0.2, -0.15) is 0 Å². The zero-order chi connectivity index (χ0) is 9.97. The zero-order valence-electron chi connectivity index (χ0n) is 7.99. The van der Waals surface area contributed by atoms with Gasteiger partial charge in [0.25, 0.3) is 11.8 Å². The molecular formula is C9H14N2O3. The second-order valence-corrected chi connectivity index (χ2v) is 3.68. The number of carbonyl (C=O) groups excluding carboxylic acids is 2. The number of carbonyl (C=O) groups is 2. The second kappa shape index (κ2) is 4.06. The zero-order valence-corrected chi connectivity index (χ0v) is 7.99. The van der Waals surface area contributed by atoms with Crippen LogP contribution in [-0.4, -0.2) is 49.1 Å². The summed E-state index contributed by atoms with van der Waals surface area (Å²) < 4.78 is 4.83. The first kappa shape index (κ1) is 9.61. The maximum Gasteiger partial charge on any atom is 0.255 e. The van der Waals surface area contributed by atoms with Gasteiger partial charge in [-0.25, -0.2) is 0 Å². The molecule has 0 spiro atoms. The third-order valence-electron chi connectivity index (χ3n) is 2.62. The summed E-state index contributed by atoms with van der Waals surface area (Å²) >= 11 is 0. The molecule has 2 saturated heterocycles. The standard InChI is InChI=1S/C9H14N2O3/c12-8-5-14-6-9(13)11(8)4-7-2-1-3-10-7/h7,10H,1-6H2/t7-/m1/s1. The molecule has 0 aliphatic carbocycles. The smallest absolute Gasteiger partial charge is 0.255 e. The summed E-state index contributed by atoms with van der Waals surface area (Å²) in [7, 11) is 0. The molecule has 0 aromatic rings. The molecule has 0 aromatic carbocycles. The molecule has 1 N–H and O–H groups in total. The Balaban J connectivity index is 1.93. The molecule has 0 unspecified atom stereocenters. The van der Waals surface area contributed by atoms with Crippen LogP contribution in [-0.2, 0) is 14.3 Å². The van der Waals surface area contributed by atoms with Crippen LogP contribution in [0.15, 0.2) is 0 Å². The van der Waals surface area contributed by atoms with Gasteiger partial charge >= 0.3 is 0 Å². The molecule has 5 heteroatoms. The Morgan fingerprint density at radius 1 is 1.36 bits per heavy atom. The maximum absolute atomic E-state index is 11.3. The highest BCUT2D eigenvalue weighted by Crippen LogP contribution is 2.09. The van der Waals surface area contributed by atoms with Crippen LogP contribution in [0.25, 0.3) is 0 Å². The number of morpholine rings is 1. The van der Waals surface area contributed by atoms with Crippen LogP contribution in [0.4, 0.5) is 0 Å². The monoisotopic (exact) mass is 198 g/mol. The van der Waals surface area contributed by atoms with Gasteiger partial charge in [0.2, 0.25) is 0 Å². The van der Waals surface area contributed by atoms with E-state index in [9.17, 15) is 9.59 Å². The Morgan fingerprint density at radius 2 is 2.07 bits per heavy atom. The molecule has 2 fully saturated rings. The number of nitrogens with one attached hydrogen (secondary N) is 1.